The van der Waals surface area contributed by atoms with E-state index in [0.29, 0.717) is 0 Å². The van der Waals surface area contributed by atoms with Crippen LogP contribution in [0.4, 0.5) is 0 Å². The van der Waals surface area contributed by atoms with E-state index in [4.69, 9.17) is 10.2 Å². The number of aliphatic hydroxyl groups is 2. The molecule has 0 spiro atoms. The lowest BCUT2D eigenvalue weighted by Crippen LogP contribution is -1.80. The van der Waals surface area contributed by atoms with Crippen LogP contribution < -0.4 is 0 Å². The average Bonchev–Trinajstić information content (AvgIpc) is 2.39. The molecule has 0 saturated carbocycles. The van der Waals surface area contributed by atoms with Crippen molar-refractivity contribution in [2.45, 2.75) is 38.5 Å². The highest BCUT2D eigenvalue weighted by molar-refractivity contribution is 5.39. The smallest absolute Gasteiger partial charge is 0.0431 e. The van der Waals surface area contributed by atoms with Crippen LogP contribution in [-0.4, -0.2) is 23.4 Å². The maximum absolute atomic E-state index is 8.54. The molecular formula is C16H18O2. The van der Waals surface area contributed by atoms with E-state index in [2.05, 4.69) is 47.4 Å². The average molecular weight is 242 g/mol. The van der Waals surface area contributed by atoms with Crippen LogP contribution in [0, 0.1) is 47.4 Å². The summed E-state index contributed by atoms with van der Waals surface area (Å²) in [7, 11) is 0. The van der Waals surface area contributed by atoms with Crippen LogP contribution in [-0.2, 0) is 0 Å². The van der Waals surface area contributed by atoms with Crippen LogP contribution in [0.3, 0.4) is 0 Å². The fourth-order valence-corrected chi connectivity index (χ4v) is 0.989. The second-order valence-electron chi connectivity index (χ2n) is 3.46. The second kappa shape index (κ2) is 15.2. The Morgan fingerprint density at radius 1 is 0.500 bits per heavy atom. The molecule has 0 aromatic heterocycles. The molecule has 0 saturated heterocycles. The van der Waals surface area contributed by atoms with Gasteiger partial charge in [-0.2, -0.15) is 0 Å². The summed E-state index contributed by atoms with van der Waals surface area (Å²) < 4.78 is 0. The van der Waals surface area contributed by atoms with Crippen LogP contribution in [0.25, 0.3) is 0 Å². The van der Waals surface area contributed by atoms with Crippen molar-refractivity contribution >= 4 is 0 Å². The molecule has 0 rings (SSSR count). The molecule has 0 aliphatic rings. The van der Waals surface area contributed by atoms with E-state index in [1.165, 1.54) is 0 Å². The van der Waals surface area contributed by atoms with Gasteiger partial charge in [-0.1, -0.05) is 11.8 Å². The fraction of sp³-hybridized carbons (Fsp3) is 0.500. The first-order chi connectivity index (χ1) is 8.91. The van der Waals surface area contributed by atoms with Crippen molar-refractivity contribution in [2.75, 3.05) is 13.2 Å². The Morgan fingerprint density at radius 2 is 0.889 bits per heavy atom. The lowest BCUT2D eigenvalue weighted by Gasteiger charge is -1.86. The molecule has 0 unspecified atom stereocenters. The normalized spacial score (nSPS) is 7.44. The van der Waals surface area contributed by atoms with Crippen LogP contribution in [0.1, 0.15) is 38.5 Å². The molecule has 2 nitrogen and oxygen atoms in total. The Morgan fingerprint density at radius 3 is 1.28 bits per heavy atom. The number of aliphatic hydroxyl groups excluding tert-OH is 2. The second-order valence-corrected chi connectivity index (χ2v) is 3.46. The zero-order valence-corrected chi connectivity index (χ0v) is 10.6. The van der Waals surface area contributed by atoms with E-state index in [9.17, 15) is 0 Å². The summed E-state index contributed by atoms with van der Waals surface area (Å²) in [6, 6.07) is 0. The quantitative estimate of drug-likeness (QED) is 0.545. The summed E-state index contributed by atoms with van der Waals surface area (Å²) in [5.74, 6) is 21.6. The van der Waals surface area contributed by atoms with E-state index in [1.54, 1.807) is 0 Å². The first kappa shape index (κ1) is 16.2. The predicted molar refractivity (Wildman–Crippen MR) is 73.0 cm³/mol. The maximum Gasteiger partial charge on any atom is 0.0431 e. The van der Waals surface area contributed by atoms with Crippen molar-refractivity contribution in [3.8, 4) is 47.4 Å². The van der Waals surface area contributed by atoms with Gasteiger partial charge < -0.3 is 10.2 Å². The van der Waals surface area contributed by atoms with Gasteiger partial charge in [0.15, 0.2) is 0 Å². The summed E-state index contributed by atoms with van der Waals surface area (Å²) in [5.41, 5.74) is 0. The molecule has 0 atom stereocenters. The van der Waals surface area contributed by atoms with Gasteiger partial charge in [0.2, 0.25) is 0 Å². The molecule has 0 fully saturated rings. The van der Waals surface area contributed by atoms with Crippen LogP contribution in [0.15, 0.2) is 0 Å². The van der Waals surface area contributed by atoms with Gasteiger partial charge in [0.25, 0.3) is 0 Å². The standard InChI is InChI=1S/C16H18O2/c17-15-13-11-9-7-5-3-1-2-4-6-8-10-12-14-16-18/h17-18H,9-16H2. The molecule has 94 valence electrons. The highest BCUT2D eigenvalue weighted by Crippen LogP contribution is 1.91. The van der Waals surface area contributed by atoms with E-state index in [0.717, 1.165) is 38.5 Å². The van der Waals surface area contributed by atoms with E-state index in [-0.39, 0.29) is 13.2 Å². The molecule has 0 aliphatic carbocycles. The fourth-order valence-electron chi connectivity index (χ4n) is 0.989. The Kier molecular flexibility index (Phi) is 13.6. The highest BCUT2D eigenvalue weighted by atomic mass is 16.3. The third kappa shape index (κ3) is 14.2. The van der Waals surface area contributed by atoms with Crippen molar-refractivity contribution in [1.82, 2.24) is 0 Å². The van der Waals surface area contributed by atoms with Gasteiger partial charge in [0.05, 0.1) is 0 Å². The lowest BCUT2D eigenvalue weighted by molar-refractivity contribution is 0.285. The van der Waals surface area contributed by atoms with E-state index >= 15 is 0 Å². The van der Waals surface area contributed by atoms with Crippen LogP contribution >= 0.6 is 0 Å². The topological polar surface area (TPSA) is 40.5 Å². The zero-order valence-electron chi connectivity index (χ0n) is 10.6. The molecule has 18 heavy (non-hydrogen) atoms. The molecular weight excluding hydrogens is 224 g/mol. The molecule has 0 amide bonds. The number of hydrogen-bond donors (Lipinski definition) is 2. The third-order valence-electron chi connectivity index (χ3n) is 1.91. The van der Waals surface area contributed by atoms with E-state index in [1.807, 2.05) is 0 Å². The maximum atomic E-state index is 8.54. The summed E-state index contributed by atoms with van der Waals surface area (Å²) in [6.45, 7) is 0.436. The zero-order chi connectivity index (χ0) is 13.3. The third-order valence-corrected chi connectivity index (χ3v) is 1.91. The number of rotatable bonds is 6. The summed E-state index contributed by atoms with van der Waals surface area (Å²) in [5, 5.41) is 17.1. The van der Waals surface area contributed by atoms with Crippen molar-refractivity contribution in [3.63, 3.8) is 0 Å². The number of unbranched alkanes of at least 4 members (excludes halogenated alkanes) is 4. The van der Waals surface area contributed by atoms with Crippen molar-refractivity contribution < 1.29 is 10.2 Å². The van der Waals surface area contributed by atoms with Gasteiger partial charge in [-0.25, -0.2) is 0 Å². The van der Waals surface area contributed by atoms with E-state index < -0.39 is 0 Å². The van der Waals surface area contributed by atoms with Gasteiger partial charge in [0, 0.05) is 26.1 Å². The SMILES string of the molecule is OCCCCC#CC#CC#CC#CCCCCO. The molecule has 2 N–H and O–H groups in total. The monoisotopic (exact) mass is 242 g/mol. The summed E-state index contributed by atoms with van der Waals surface area (Å²) in [4.78, 5) is 0. The Balaban J connectivity index is 3.69. The van der Waals surface area contributed by atoms with Gasteiger partial charge in [-0.05, 0) is 61.2 Å². The first-order valence-electron chi connectivity index (χ1n) is 6.09. The molecule has 0 bridgehead atoms. The van der Waals surface area contributed by atoms with Gasteiger partial charge >= 0.3 is 0 Å². The van der Waals surface area contributed by atoms with Crippen LogP contribution in [0.2, 0.25) is 0 Å². The minimum atomic E-state index is 0.218. The Labute approximate surface area is 110 Å². The highest BCUT2D eigenvalue weighted by Gasteiger charge is 1.80. The van der Waals surface area contributed by atoms with Crippen molar-refractivity contribution in [2.24, 2.45) is 0 Å². The Hall–Kier alpha value is -1.84. The van der Waals surface area contributed by atoms with Gasteiger partial charge in [-0.15, -0.1) is 0 Å². The first-order valence-corrected chi connectivity index (χ1v) is 6.09. The Bertz CT molecular complexity index is 388. The molecule has 0 heterocycles. The van der Waals surface area contributed by atoms with Crippen LogP contribution in [0.5, 0.6) is 0 Å². The minimum absolute atomic E-state index is 0.218. The van der Waals surface area contributed by atoms with Gasteiger partial charge in [0.1, 0.15) is 0 Å². The number of hydrogen-bond acceptors (Lipinski definition) is 2. The molecule has 0 aliphatic heterocycles. The van der Waals surface area contributed by atoms with Gasteiger partial charge in [-0.3, -0.25) is 0 Å². The summed E-state index contributed by atoms with van der Waals surface area (Å²) >= 11 is 0. The van der Waals surface area contributed by atoms with Crippen molar-refractivity contribution in [1.29, 1.82) is 0 Å². The molecule has 0 radical (unpaired) electrons. The molecule has 0 aromatic rings. The molecule has 0 aromatic carbocycles. The minimum Gasteiger partial charge on any atom is -0.396 e. The summed E-state index contributed by atoms with van der Waals surface area (Å²) in [6.07, 6.45) is 4.88. The molecule has 2 heteroatoms. The predicted octanol–water partition coefficient (Wildman–Crippen LogP) is 1.33. The van der Waals surface area contributed by atoms with Crippen molar-refractivity contribution in [3.05, 3.63) is 0 Å². The lowest BCUT2D eigenvalue weighted by atomic mass is 10.2. The largest absolute Gasteiger partial charge is 0.396 e.